The summed E-state index contributed by atoms with van der Waals surface area (Å²) < 4.78 is 61.9. The van der Waals surface area contributed by atoms with Crippen molar-refractivity contribution in [2.24, 2.45) is 5.41 Å². The SMILES string of the molecule is CC(C)(COP(=O)(O)OP(=O)(O)OCC1OC(n2cnc3c(N)ncnc32)C(O)C1OP(=O)(O)O)C(O)C(=O)NCCC(=O)NCCSC(=O)C(=O)CCC(=O)O. The van der Waals surface area contributed by atoms with Crippen LogP contribution in [-0.4, -0.2) is 140 Å². The van der Waals surface area contributed by atoms with E-state index in [1.54, 1.807) is 0 Å². The molecule has 0 saturated carbocycles. The van der Waals surface area contributed by atoms with Gasteiger partial charge in [0.05, 0.1) is 26.0 Å². The molecule has 2 amide bonds. The number of hydrogen-bond donors (Lipinski definition) is 10. The number of ether oxygens (including phenoxy) is 1. The fourth-order valence-electron chi connectivity index (χ4n) is 4.68. The number of imidazole rings is 1. The molecule has 57 heavy (non-hydrogen) atoms. The average Bonchev–Trinajstić information content (AvgIpc) is 3.66. The maximum Gasteiger partial charge on any atom is 0.481 e. The molecule has 0 aromatic carbocycles. The van der Waals surface area contributed by atoms with E-state index < -0.39 is 114 Å². The van der Waals surface area contributed by atoms with E-state index in [-0.39, 0.29) is 42.2 Å². The first-order chi connectivity index (χ1) is 26.3. The molecular formula is C26H40N7O20P3S. The molecule has 27 nitrogen and oxygen atoms in total. The predicted molar refractivity (Wildman–Crippen MR) is 189 cm³/mol. The van der Waals surface area contributed by atoms with E-state index in [2.05, 4.69) is 34.4 Å². The highest BCUT2D eigenvalue weighted by atomic mass is 32.2. The number of rotatable bonds is 23. The van der Waals surface area contributed by atoms with Gasteiger partial charge in [0.15, 0.2) is 17.7 Å². The minimum absolute atomic E-state index is 0.00502. The molecule has 2 aromatic heterocycles. The summed E-state index contributed by atoms with van der Waals surface area (Å²) in [7, 11) is -16.5. The molecule has 0 radical (unpaired) electrons. The van der Waals surface area contributed by atoms with Crippen LogP contribution < -0.4 is 16.4 Å². The molecule has 1 fully saturated rings. The zero-order chi connectivity index (χ0) is 42.9. The first kappa shape index (κ1) is 48.1. The fraction of sp³-hybridized carbons (Fsp3) is 0.615. The lowest BCUT2D eigenvalue weighted by Gasteiger charge is -2.30. The third-order valence-corrected chi connectivity index (χ3v) is 11.5. The number of nitrogens with two attached hydrogens (primary N) is 1. The number of thioether (sulfide) groups is 1. The number of anilines is 1. The van der Waals surface area contributed by atoms with E-state index in [1.165, 1.54) is 13.8 Å². The van der Waals surface area contributed by atoms with Gasteiger partial charge in [0.1, 0.15) is 36.3 Å². The maximum absolute atomic E-state index is 12.7. The van der Waals surface area contributed by atoms with Crippen molar-refractivity contribution in [3.05, 3.63) is 12.7 Å². The van der Waals surface area contributed by atoms with Gasteiger partial charge in [-0.3, -0.25) is 42.1 Å². The number of carboxylic acid groups (broad SMARTS) is 1. The summed E-state index contributed by atoms with van der Waals surface area (Å²) in [6.45, 7) is -0.0281. The van der Waals surface area contributed by atoms with Crippen LogP contribution >= 0.6 is 35.2 Å². The van der Waals surface area contributed by atoms with Crippen LogP contribution in [0.1, 0.15) is 39.3 Å². The standard InChI is InChI=1S/C26H40N7O20P3S/c1-26(2,20(39)23(40)29-6-5-15(35)28-7-8-57-25(41)13(34)3-4-16(36)37)10-50-56(47,48)53-55(45,46)49-9-14-19(52-54(42,43)44)18(38)24(51-14)33-12-32-17-21(27)30-11-31-22(17)33/h11-12,14,18-20,24,38-39H,3-10H2,1-2H3,(H,28,35)(H,29,40)(H,36,37)(H,45,46)(H,47,48)(H2,27,30,31)(H2,42,43,44). The first-order valence-electron chi connectivity index (χ1n) is 16.1. The summed E-state index contributed by atoms with van der Waals surface area (Å²) in [5, 5.41) is 33.8. The zero-order valence-electron chi connectivity index (χ0n) is 29.8. The Bertz CT molecular complexity index is 1950. The molecule has 7 unspecified atom stereocenters. The van der Waals surface area contributed by atoms with Gasteiger partial charge in [-0.15, -0.1) is 0 Å². The Labute approximate surface area is 325 Å². The quantitative estimate of drug-likeness (QED) is 0.0331. The Hall–Kier alpha value is -3.30. The number of amides is 2. The monoisotopic (exact) mass is 895 g/mol. The average molecular weight is 896 g/mol. The van der Waals surface area contributed by atoms with Gasteiger partial charge < -0.3 is 56.0 Å². The Kier molecular flexibility index (Phi) is 17.0. The molecule has 2 aromatic rings. The van der Waals surface area contributed by atoms with E-state index in [4.69, 9.17) is 24.6 Å². The van der Waals surface area contributed by atoms with Gasteiger partial charge in [-0.05, 0) is 0 Å². The number of ketones is 1. The maximum atomic E-state index is 12.7. The molecule has 1 aliphatic rings. The third kappa shape index (κ3) is 14.8. The number of aromatic nitrogens is 4. The van der Waals surface area contributed by atoms with Crippen LogP contribution in [0.3, 0.4) is 0 Å². The van der Waals surface area contributed by atoms with Gasteiger partial charge in [-0.1, -0.05) is 25.6 Å². The highest BCUT2D eigenvalue weighted by Gasteiger charge is 2.50. The number of phosphoric ester groups is 3. The van der Waals surface area contributed by atoms with Gasteiger partial charge in [0.25, 0.3) is 5.12 Å². The van der Waals surface area contributed by atoms with Crippen LogP contribution in [0.4, 0.5) is 5.82 Å². The molecule has 0 aliphatic carbocycles. The minimum atomic E-state index is -5.60. The lowest BCUT2D eigenvalue weighted by atomic mass is 9.87. The fourth-order valence-corrected chi connectivity index (χ4v) is 8.16. The summed E-state index contributed by atoms with van der Waals surface area (Å²) in [6.07, 6.45) is -8.17. The molecule has 1 saturated heterocycles. The van der Waals surface area contributed by atoms with Crippen LogP contribution in [-0.2, 0) is 60.3 Å². The molecule has 31 heteroatoms. The number of hydrogen-bond acceptors (Lipinski definition) is 20. The third-order valence-electron chi connectivity index (χ3n) is 7.53. The number of carboxylic acids is 1. The number of Topliss-reactive ketones (excluding diaryl/α,β-unsaturated/α-hetero) is 1. The van der Waals surface area contributed by atoms with E-state index in [0.717, 1.165) is 17.2 Å². The normalized spacial score (nSPS) is 21.3. The molecule has 11 N–H and O–H groups in total. The molecular weight excluding hydrogens is 855 g/mol. The number of nitrogen functional groups attached to an aromatic ring is 1. The molecule has 1 aliphatic heterocycles. The molecule has 320 valence electrons. The molecule has 0 spiro atoms. The van der Waals surface area contributed by atoms with Gasteiger partial charge in [0.2, 0.25) is 17.6 Å². The number of aliphatic hydroxyl groups is 2. The van der Waals surface area contributed by atoms with Crippen molar-refractivity contribution in [2.75, 3.05) is 37.8 Å². The van der Waals surface area contributed by atoms with E-state index in [9.17, 15) is 67.5 Å². The van der Waals surface area contributed by atoms with Gasteiger partial charge >= 0.3 is 29.4 Å². The Morgan fingerprint density at radius 2 is 1.67 bits per heavy atom. The number of aliphatic carboxylic acids is 1. The van der Waals surface area contributed by atoms with Crippen molar-refractivity contribution in [1.29, 1.82) is 0 Å². The van der Waals surface area contributed by atoms with Crippen molar-refractivity contribution < 1.29 is 95.2 Å². The number of fused-ring (bicyclic) bond motifs is 1. The number of aliphatic hydroxyl groups excluding tert-OH is 2. The number of nitrogens with one attached hydrogen (secondary N) is 2. The van der Waals surface area contributed by atoms with Crippen LogP contribution in [0.25, 0.3) is 11.2 Å². The number of phosphoric acid groups is 3. The summed E-state index contributed by atoms with van der Waals surface area (Å²) in [5.74, 6) is -3.79. The molecule has 3 heterocycles. The van der Waals surface area contributed by atoms with Crippen molar-refractivity contribution in [3.8, 4) is 0 Å². The summed E-state index contributed by atoms with van der Waals surface area (Å²) in [5.41, 5.74) is 4.16. The van der Waals surface area contributed by atoms with E-state index in [1.807, 2.05) is 0 Å². The molecule has 0 bridgehead atoms. The van der Waals surface area contributed by atoms with E-state index in [0.29, 0.717) is 11.8 Å². The zero-order valence-corrected chi connectivity index (χ0v) is 33.3. The van der Waals surface area contributed by atoms with Crippen LogP contribution in [0.15, 0.2) is 12.7 Å². The smallest absolute Gasteiger partial charge is 0.481 e. The van der Waals surface area contributed by atoms with Crippen LogP contribution in [0, 0.1) is 5.41 Å². The number of carbonyl (C=O) groups excluding carboxylic acids is 4. The summed E-state index contributed by atoms with van der Waals surface area (Å²) in [6, 6.07) is 0. The first-order valence-corrected chi connectivity index (χ1v) is 21.6. The number of carbonyl (C=O) groups is 5. The second-order valence-electron chi connectivity index (χ2n) is 12.5. The summed E-state index contributed by atoms with van der Waals surface area (Å²) >= 11 is 0.588. The highest BCUT2D eigenvalue weighted by Crippen LogP contribution is 2.61. The van der Waals surface area contributed by atoms with Crippen molar-refractivity contribution >= 4 is 80.9 Å². The lowest BCUT2D eigenvalue weighted by molar-refractivity contribution is -0.139. The topological polar surface area (TPSA) is 418 Å². The van der Waals surface area contributed by atoms with Crippen molar-refractivity contribution in [2.45, 2.75) is 63.8 Å². The van der Waals surface area contributed by atoms with Crippen molar-refractivity contribution in [3.63, 3.8) is 0 Å². The largest absolute Gasteiger partial charge is 0.481 e. The van der Waals surface area contributed by atoms with Crippen LogP contribution in [0.2, 0.25) is 0 Å². The second kappa shape index (κ2) is 20.1. The van der Waals surface area contributed by atoms with Gasteiger partial charge in [-0.2, -0.15) is 4.31 Å². The molecule has 3 rings (SSSR count). The predicted octanol–water partition coefficient (Wildman–Crippen LogP) is -1.90. The Morgan fingerprint density at radius 3 is 2.32 bits per heavy atom. The Balaban J connectivity index is 1.47. The van der Waals surface area contributed by atoms with Gasteiger partial charge in [-0.25, -0.2) is 28.6 Å². The van der Waals surface area contributed by atoms with Gasteiger partial charge in [0, 0.05) is 37.1 Å². The highest BCUT2D eigenvalue weighted by molar-refractivity contribution is 8.15. The van der Waals surface area contributed by atoms with E-state index >= 15 is 0 Å². The van der Waals surface area contributed by atoms with Crippen molar-refractivity contribution in [1.82, 2.24) is 30.2 Å². The minimum Gasteiger partial charge on any atom is -0.481 e. The lowest BCUT2D eigenvalue weighted by Crippen LogP contribution is -2.46. The Morgan fingerprint density at radius 1 is 1.00 bits per heavy atom. The number of nitrogens with zero attached hydrogens (tertiary/aromatic N) is 4. The molecule has 7 atom stereocenters. The second-order valence-corrected chi connectivity index (χ2v) is 17.8. The summed E-state index contributed by atoms with van der Waals surface area (Å²) in [4.78, 5) is 109. The van der Waals surface area contributed by atoms with Crippen LogP contribution in [0.5, 0.6) is 0 Å².